The third-order valence-corrected chi connectivity index (χ3v) is 6.62. The number of hydrogen-bond acceptors (Lipinski definition) is 5. The second-order valence-electron chi connectivity index (χ2n) is 6.66. The highest BCUT2D eigenvalue weighted by atomic mass is 32.2. The molecular weight excluding hydrogens is 345 g/mol. The van der Waals surface area contributed by atoms with Gasteiger partial charge in [-0.3, -0.25) is 4.98 Å². The van der Waals surface area contributed by atoms with Crippen molar-refractivity contribution in [2.45, 2.75) is 24.8 Å². The van der Waals surface area contributed by atoms with Gasteiger partial charge in [0.1, 0.15) is 0 Å². The normalized spacial score (nSPS) is 20.6. The summed E-state index contributed by atoms with van der Waals surface area (Å²) in [6.07, 6.45) is 7.42. The van der Waals surface area contributed by atoms with Gasteiger partial charge in [0.25, 0.3) is 0 Å². The molecule has 134 valence electrons. The van der Waals surface area contributed by atoms with E-state index < -0.39 is 15.6 Å². The molecule has 2 aliphatic heterocycles. The van der Waals surface area contributed by atoms with Gasteiger partial charge < -0.3 is 9.88 Å². The quantitative estimate of drug-likeness (QED) is 0.866. The highest BCUT2D eigenvalue weighted by Crippen LogP contribution is 2.44. The van der Waals surface area contributed by atoms with Gasteiger partial charge in [0.2, 0.25) is 10.0 Å². The average Bonchev–Trinajstić information content (AvgIpc) is 3.05. The SMILES string of the molecule is CS(=O)(=O)N1CCc2[nH]cnc2C12CCN(c1ccncc1F)CC2. The average molecular weight is 365 g/mol. The molecule has 0 saturated carbocycles. The lowest BCUT2D eigenvalue weighted by atomic mass is 9.80. The van der Waals surface area contributed by atoms with Crippen LogP contribution in [0.5, 0.6) is 0 Å². The minimum Gasteiger partial charge on any atom is -0.369 e. The Balaban J connectivity index is 1.69. The number of fused-ring (bicyclic) bond motifs is 2. The van der Waals surface area contributed by atoms with Gasteiger partial charge in [-0.25, -0.2) is 17.8 Å². The fraction of sp³-hybridized carbons (Fsp3) is 0.500. The lowest BCUT2D eigenvalue weighted by molar-refractivity contribution is 0.128. The maximum atomic E-state index is 14.0. The number of piperidine rings is 1. The Labute approximate surface area is 145 Å². The van der Waals surface area contributed by atoms with E-state index in [9.17, 15) is 12.8 Å². The molecule has 0 unspecified atom stereocenters. The van der Waals surface area contributed by atoms with Gasteiger partial charge in [-0.15, -0.1) is 0 Å². The first kappa shape index (κ1) is 16.5. The summed E-state index contributed by atoms with van der Waals surface area (Å²) < 4.78 is 40.4. The van der Waals surface area contributed by atoms with E-state index in [1.807, 2.05) is 4.90 Å². The van der Waals surface area contributed by atoms with E-state index in [1.54, 1.807) is 22.9 Å². The van der Waals surface area contributed by atoms with Gasteiger partial charge in [0.15, 0.2) is 5.82 Å². The molecular formula is C16H20FN5O2S. The van der Waals surface area contributed by atoms with Crippen LogP contribution < -0.4 is 4.90 Å². The van der Waals surface area contributed by atoms with Crippen LogP contribution in [-0.2, 0) is 22.0 Å². The highest BCUT2D eigenvalue weighted by Gasteiger charge is 2.50. The lowest BCUT2D eigenvalue weighted by Gasteiger charge is -2.49. The number of aromatic amines is 1. The summed E-state index contributed by atoms with van der Waals surface area (Å²) in [5.74, 6) is -0.359. The molecule has 2 aromatic rings. The van der Waals surface area contributed by atoms with Crippen LogP contribution in [0.15, 0.2) is 24.8 Å². The Bertz CT molecular complexity index is 889. The second kappa shape index (κ2) is 5.77. The van der Waals surface area contributed by atoms with Crippen molar-refractivity contribution in [2.24, 2.45) is 0 Å². The van der Waals surface area contributed by atoms with Crippen molar-refractivity contribution in [3.05, 3.63) is 42.0 Å². The van der Waals surface area contributed by atoms with E-state index in [2.05, 4.69) is 15.0 Å². The predicted octanol–water partition coefficient (Wildman–Crippen LogP) is 1.26. The van der Waals surface area contributed by atoms with Crippen LogP contribution in [0.2, 0.25) is 0 Å². The number of sulfonamides is 1. The fourth-order valence-electron chi connectivity index (χ4n) is 4.17. The van der Waals surface area contributed by atoms with Crippen molar-refractivity contribution in [2.75, 3.05) is 30.8 Å². The molecule has 25 heavy (non-hydrogen) atoms. The Morgan fingerprint density at radius 1 is 1.28 bits per heavy atom. The zero-order valence-corrected chi connectivity index (χ0v) is 14.8. The fourth-order valence-corrected chi connectivity index (χ4v) is 5.50. The molecule has 0 aliphatic carbocycles. The number of anilines is 1. The van der Waals surface area contributed by atoms with Crippen LogP contribution in [0.1, 0.15) is 24.2 Å². The first-order valence-corrected chi connectivity index (χ1v) is 10.1. The second-order valence-corrected chi connectivity index (χ2v) is 8.57. The zero-order valence-electron chi connectivity index (χ0n) is 13.9. The standard InChI is InChI=1S/C16H20FN5O2S/c1-25(23,24)22-7-3-13-15(20-11-19-13)16(22)4-8-21(9-5-16)14-2-6-18-10-12(14)17/h2,6,10-11H,3-5,7-9H2,1H3,(H,19,20). The monoisotopic (exact) mass is 365 g/mol. The number of aromatic nitrogens is 3. The molecule has 1 fully saturated rings. The Morgan fingerprint density at radius 3 is 2.72 bits per heavy atom. The Hall–Kier alpha value is -2.00. The molecule has 0 amide bonds. The summed E-state index contributed by atoms with van der Waals surface area (Å²) in [4.78, 5) is 13.3. The number of pyridine rings is 1. The minimum absolute atomic E-state index is 0.359. The molecule has 2 aliphatic rings. The molecule has 0 radical (unpaired) electrons. The van der Waals surface area contributed by atoms with Crippen molar-refractivity contribution in [1.82, 2.24) is 19.3 Å². The van der Waals surface area contributed by atoms with E-state index in [0.717, 1.165) is 11.4 Å². The van der Waals surface area contributed by atoms with E-state index >= 15 is 0 Å². The maximum absolute atomic E-state index is 14.0. The zero-order chi connectivity index (χ0) is 17.7. The number of hydrogen-bond donors (Lipinski definition) is 1. The van der Waals surface area contributed by atoms with E-state index in [4.69, 9.17) is 0 Å². The van der Waals surface area contributed by atoms with Gasteiger partial charge in [-0.2, -0.15) is 4.31 Å². The number of H-pyrrole nitrogens is 1. The van der Waals surface area contributed by atoms with Crippen LogP contribution in [0, 0.1) is 5.82 Å². The lowest BCUT2D eigenvalue weighted by Crippen LogP contribution is -2.58. The predicted molar refractivity (Wildman–Crippen MR) is 91.2 cm³/mol. The van der Waals surface area contributed by atoms with Crippen LogP contribution in [0.25, 0.3) is 0 Å². The number of imidazole rings is 1. The van der Waals surface area contributed by atoms with Crippen LogP contribution in [0.3, 0.4) is 0 Å². The molecule has 4 heterocycles. The summed E-state index contributed by atoms with van der Waals surface area (Å²) in [6.45, 7) is 1.55. The highest BCUT2D eigenvalue weighted by molar-refractivity contribution is 7.88. The van der Waals surface area contributed by atoms with E-state index in [0.29, 0.717) is 44.6 Å². The molecule has 2 aromatic heterocycles. The summed E-state index contributed by atoms with van der Waals surface area (Å²) in [5.41, 5.74) is 1.68. The number of halogens is 1. The summed E-state index contributed by atoms with van der Waals surface area (Å²) >= 11 is 0. The van der Waals surface area contributed by atoms with Gasteiger partial charge in [0.05, 0.1) is 35.7 Å². The van der Waals surface area contributed by atoms with Gasteiger partial charge in [-0.1, -0.05) is 0 Å². The Morgan fingerprint density at radius 2 is 2.04 bits per heavy atom. The molecule has 9 heteroatoms. The topological polar surface area (TPSA) is 82.2 Å². The number of nitrogens with zero attached hydrogens (tertiary/aromatic N) is 4. The van der Waals surface area contributed by atoms with Crippen LogP contribution in [-0.4, -0.2) is 53.6 Å². The molecule has 1 N–H and O–H groups in total. The van der Waals surface area contributed by atoms with Crippen molar-refractivity contribution in [3.63, 3.8) is 0 Å². The van der Waals surface area contributed by atoms with Crippen molar-refractivity contribution < 1.29 is 12.8 Å². The molecule has 1 spiro atoms. The van der Waals surface area contributed by atoms with Gasteiger partial charge >= 0.3 is 0 Å². The van der Waals surface area contributed by atoms with Crippen molar-refractivity contribution >= 4 is 15.7 Å². The Kier molecular flexibility index (Phi) is 3.80. The molecule has 7 nitrogen and oxygen atoms in total. The maximum Gasteiger partial charge on any atom is 0.212 e. The largest absolute Gasteiger partial charge is 0.369 e. The number of rotatable bonds is 2. The molecule has 1 saturated heterocycles. The minimum atomic E-state index is -3.37. The first-order chi connectivity index (χ1) is 11.9. The molecule has 0 atom stereocenters. The third-order valence-electron chi connectivity index (χ3n) is 5.28. The summed E-state index contributed by atoms with van der Waals surface area (Å²) in [7, 11) is -3.37. The van der Waals surface area contributed by atoms with E-state index in [1.165, 1.54) is 12.5 Å². The molecule has 0 bridgehead atoms. The smallest absolute Gasteiger partial charge is 0.212 e. The molecule has 0 aromatic carbocycles. The summed E-state index contributed by atoms with van der Waals surface area (Å²) in [6, 6.07) is 1.66. The number of nitrogens with one attached hydrogen (secondary N) is 1. The van der Waals surface area contributed by atoms with Crippen molar-refractivity contribution in [1.29, 1.82) is 0 Å². The van der Waals surface area contributed by atoms with Gasteiger partial charge in [0, 0.05) is 37.9 Å². The van der Waals surface area contributed by atoms with Crippen molar-refractivity contribution in [3.8, 4) is 0 Å². The first-order valence-electron chi connectivity index (χ1n) is 8.27. The van der Waals surface area contributed by atoms with Crippen LogP contribution in [0.4, 0.5) is 10.1 Å². The molecule has 4 rings (SSSR count). The summed E-state index contributed by atoms with van der Waals surface area (Å²) in [5, 5.41) is 0. The van der Waals surface area contributed by atoms with E-state index in [-0.39, 0.29) is 5.82 Å². The third kappa shape index (κ3) is 2.62. The van der Waals surface area contributed by atoms with Gasteiger partial charge in [-0.05, 0) is 18.9 Å². The van der Waals surface area contributed by atoms with Crippen LogP contribution >= 0.6 is 0 Å².